The van der Waals surface area contributed by atoms with E-state index < -0.39 is 0 Å². The van der Waals surface area contributed by atoms with Crippen molar-refractivity contribution < 1.29 is 9.47 Å². The van der Waals surface area contributed by atoms with E-state index in [-0.39, 0.29) is 6.04 Å². The van der Waals surface area contributed by atoms with Crippen LogP contribution in [0.1, 0.15) is 42.7 Å². The van der Waals surface area contributed by atoms with Crippen molar-refractivity contribution in [3.63, 3.8) is 0 Å². The first-order chi connectivity index (χ1) is 12.8. The van der Waals surface area contributed by atoms with Crippen molar-refractivity contribution in [2.75, 3.05) is 13.1 Å². The molecule has 4 rings (SSSR count). The average molecular weight is 349 g/mol. The van der Waals surface area contributed by atoms with Gasteiger partial charge in [0.1, 0.15) is 18.8 Å². The minimum atomic E-state index is 0.164. The Morgan fingerprint density at radius 3 is 2.88 bits per heavy atom. The van der Waals surface area contributed by atoms with Gasteiger partial charge < -0.3 is 9.47 Å². The van der Waals surface area contributed by atoms with Crippen LogP contribution in [0, 0.1) is 6.92 Å². The summed E-state index contributed by atoms with van der Waals surface area (Å²) in [6.07, 6.45) is 16.3. The molecule has 26 heavy (non-hydrogen) atoms. The van der Waals surface area contributed by atoms with Gasteiger partial charge in [0.2, 0.25) is 0 Å². The molecule has 0 saturated carbocycles. The van der Waals surface area contributed by atoms with E-state index in [1.807, 2.05) is 0 Å². The van der Waals surface area contributed by atoms with E-state index in [2.05, 4.69) is 54.3 Å². The molecule has 136 valence electrons. The van der Waals surface area contributed by atoms with Gasteiger partial charge >= 0.3 is 0 Å². The Morgan fingerprint density at radius 2 is 2.12 bits per heavy atom. The van der Waals surface area contributed by atoms with Gasteiger partial charge in [0.15, 0.2) is 5.76 Å². The highest BCUT2D eigenvalue weighted by Crippen LogP contribution is 2.35. The van der Waals surface area contributed by atoms with Gasteiger partial charge in [0.05, 0.1) is 6.04 Å². The van der Waals surface area contributed by atoms with Crippen LogP contribution in [0.3, 0.4) is 0 Å². The molecule has 1 aromatic rings. The zero-order valence-corrected chi connectivity index (χ0v) is 15.4. The van der Waals surface area contributed by atoms with Gasteiger partial charge in [0, 0.05) is 6.54 Å². The lowest BCUT2D eigenvalue weighted by Crippen LogP contribution is -2.44. The maximum atomic E-state index is 5.86. The molecule has 1 aliphatic carbocycles. The maximum absolute atomic E-state index is 5.86. The summed E-state index contributed by atoms with van der Waals surface area (Å²) < 4.78 is 11.3. The zero-order chi connectivity index (χ0) is 17.8. The third kappa shape index (κ3) is 3.63. The second kappa shape index (κ2) is 7.96. The summed E-state index contributed by atoms with van der Waals surface area (Å²) in [5.74, 6) is 1.48. The number of hydrogen-bond donors (Lipinski definition) is 0. The molecule has 3 heteroatoms. The Morgan fingerprint density at radius 1 is 1.19 bits per heavy atom. The molecule has 0 bridgehead atoms. The molecule has 2 unspecified atom stereocenters. The molecule has 2 heterocycles. The standard InChI is InChI=1S/C23H27NO2/c1-18-8-5-6-12-21(18)20-11-7-13-24(16-20)23(19-9-3-2-4-10-19)22-17-25-14-15-26-22/h2-3,5-6,8-9,12,14-15,17,20,23H,4,7,10-11,13,16H2,1H3. The summed E-state index contributed by atoms with van der Waals surface area (Å²) in [6, 6.07) is 8.98. The minimum Gasteiger partial charge on any atom is -0.466 e. The summed E-state index contributed by atoms with van der Waals surface area (Å²) in [7, 11) is 0. The summed E-state index contributed by atoms with van der Waals surface area (Å²) in [5.41, 5.74) is 4.31. The van der Waals surface area contributed by atoms with E-state index >= 15 is 0 Å². The molecule has 1 fully saturated rings. The van der Waals surface area contributed by atoms with E-state index in [0.717, 1.165) is 31.7 Å². The molecular weight excluding hydrogens is 322 g/mol. The number of ether oxygens (including phenoxy) is 2. The second-order valence-electron chi connectivity index (χ2n) is 7.35. The van der Waals surface area contributed by atoms with Gasteiger partial charge in [-0.3, -0.25) is 4.90 Å². The average Bonchev–Trinajstić information content (AvgIpc) is 2.70. The van der Waals surface area contributed by atoms with Gasteiger partial charge in [0.25, 0.3) is 0 Å². The normalized spacial score (nSPS) is 24.3. The molecule has 0 aromatic heterocycles. The number of aryl methyl sites for hydroxylation is 1. The Balaban J connectivity index is 1.60. The van der Waals surface area contributed by atoms with E-state index in [1.165, 1.54) is 29.5 Å². The third-order valence-corrected chi connectivity index (χ3v) is 5.64. The summed E-state index contributed by atoms with van der Waals surface area (Å²) >= 11 is 0. The molecule has 0 spiro atoms. The summed E-state index contributed by atoms with van der Waals surface area (Å²) in [4.78, 5) is 2.58. The highest BCUT2D eigenvalue weighted by Gasteiger charge is 2.33. The van der Waals surface area contributed by atoms with Crippen LogP contribution in [0.25, 0.3) is 0 Å². The number of nitrogens with zero attached hydrogens (tertiary/aromatic N) is 1. The van der Waals surface area contributed by atoms with Gasteiger partial charge in [-0.05, 0) is 61.8 Å². The third-order valence-electron chi connectivity index (χ3n) is 5.64. The molecule has 0 N–H and O–H groups in total. The predicted octanol–water partition coefficient (Wildman–Crippen LogP) is 5.18. The van der Waals surface area contributed by atoms with Crippen LogP contribution in [-0.2, 0) is 9.47 Å². The van der Waals surface area contributed by atoms with E-state index in [0.29, 0.717) is 5.92 Å². The largest absolute Gasteiger partial charge is 0.466 e. The van der Waals surface area contributed by atoms with Gasteiger partial charge in [-0.15, -0.1) is 0 Å². The molecule has 2 aliphatic heterocycles. The van der Waals surface area contributed by atoms with Crippen molar-refractivity contribution in [2.24, 2.45) is 0 Å². The fourth-order valence-corrected chi connectivity index (χ4v) is 4.39. The van der Waals surface area contributed by atoms with E-state index in [1.54, 1.807) is 18.8 Å². The van der Waals surface area contributed by atoms with Crippen molar-refractivity contribution in [1.82, 2.24) is 4.90 Å². The molecule has 3 aliphatic rings. The Bertz CT molecular complexity index is 759. The van der Waals surface area contributed by atoms with Crippen molar-refractivity contribution in [1.29, 1.82) is 0 Å². The molecule has 1 saturated heterocycles. The predicted molar refractivity (Wildman–Crippen MR) is 104 cm³/mol. The highest BCUT2D eigenvalue weighted by molar-refractivity contribution is 5.32. The minimum absolute atomic E-state index is 0.164. The zero-order valence-electron chi connectivity index (χ0n) is 15.4. The first kappa shape index (κ1) is 17.2. The Labute approximate surface area is 156 Å². The Hall–Kier alpha value is -2.26. The lowest BCUT2D eigenvalue weighted by molar-refractivity contribution is 0.131. The lowest BCUT2D eigenvalue weighted by Gasteiger charge is -2.40. The fraction of sp³-hybridized carbons (Fsp3) is 0.391. The number of likely N-dealkylation sites (tertiary alicyclic amines) is 1. The molecule has 0 amide bonds. The van der Waals surface area contributed by atoms with Crippen LogP contribution in [-0.4, -0.2) is 24.0 Å². The topological polar surface area (TPSA) is 21.7 Å². The highest BCUT2D eigenvalue weighted by atomic mass is 16.5. The molecular formula is C23H27NO2. The van der Waals surface area contributed by atoms with Crippen LogP contribution in [0.15, 0.2) is 72.6 Å². The number of benzene rings is 1. The quantitative estimate of drug-likeness (QED) is 0.748. The van der Waals surface area contributed by atoms with E-state index in [9.17, 15) is 0 Å². The molecule has 2 atom stereocenters. The van der Waals surface area contributed by atoms with Crippen LogP contribution in [0.5, 0.6) is 0 Å². The number of hydrogen-bond acceptors (Lipinski definition) is 3. The monoisotopic (exact) mass is 349 g/mol. The van der Waals surface area contributed by atoms with E-state index in [4.69, 9.17) is 9.47 Å². The van der Waals surface area contributed by atoms with Crippen molar-refractivity contribution in [2.45, 2.75) is 44.6 Å². The molecule has 1 aromatic carbocycles. The fourth-order valence-electron chi connectivity index (χ4n) is 4.39. The Kier molecular flexibility index (Phi) is 5.26. The lowest BCUT2D eigenvalue weighted by atomic mass is 9.86. The number of allylic oxidation sites excluding steroid dienone is 3. The van der Waals surface area contributed by atoms with Crippen LogP contribution >= 0.6 is 0 Å². The smallest absolute Gasteiger partial charge is 0.160 e. The second-order valence-corrected chi connectivity index (χ2v) is 7.35. The van der Waals surface area contributed by atoms with Crippen LogP contribution in [0.4, 0.5) is 0 Å². The SMILES string of the molecule is Cc1ccccc1C1CCCN(C(C2=CC=CCC2)C2=COC=CO2)C1. The van der Waals surface area contributed by atoms with Gasteiger partial charge in [-0.25, -0.2) is 0 Å². The van der Waals surface area contributed by atoms with Crippen molar-refractivity contribution in [3.8, 4) is 0 Å². The van der Waals surface area contributed by atoms with Crippen molar-refractivity contribution >= 4 is 0 Å². The molecule has 3 nitrogen and oxygen atoms in total. The number of piperidine rings is 1. The van der Waals surface area contributed by atoms with Gasteiger partial charge in [-0.2, -0.15) is 0 Å². The van der Waals surface area contributed by atoms with Gasteiger partial charge in [-0.1, -0.05) is 42.5 Å². The van der Waals surface area contributed by atoms with Crippen LogP contribution in [0.2, 0.25) is 0 Å². The maximum Gasteiger partial charge on any atom is 0.160 e. The summed E-state index contributed by atoms with van der Waals surface area (Å²) in [5, 5.41) is 0. The molecule has 0 radical (unpaired) electrons. The number of rotatable bonds is 4. The summed E-state index contributed by atoms with van der Waals surface area (Å²) in [6.45, 7) is 4.38. The van der Waals surface area contributed by atoms with Crippen molar-refractivity contribution in [3.05, 3.63) is 83.7 Å². The first-order valence-electron chi connectivity index (χ1n) is 9.65. The van der Waals surface area contributed by atoms with Crippen LogP contribution < -0.4 is 0 Å². The first-order valence-corrected chi connectivity index (χ1v) is 9.65.